The number of hydrogen-bond acceptors (Lipinski definition) is 5. The number of esters is 1. The van der Waals surface area contributed by atoms with Crippen molar-refractivity contribution in [3.8, 4) is 17.2 Å². The molecule has 5 nitrogen and oxygen atoms in total. The third-order valence-electron chi connectivity index (χ3n) is 3.23. The van der Waals surface area contributed by atoms with Crippen molar-refractivity contribution in [1.29, 1.82) is 0 Å². The molecule has 0 aliphatic rings. The van der Waals surface area contributed by atoms with E-state index in [9.17, 15) is 4.79 Å². The van der Waals surface area contributed by atoms with Gasteiger partial charge in [0.15, 0.2) is 0 Å². The molecule has 0 aromatic heterocycles. The van der Waals surface area contributed by atoms with E-state index >= 15 is 0 Å². The highest BCUT2D eigenvalue weighted by Crippen LogP contribution is 2.35. The molecule has 0 aliphatic heterocycles. The van der Waals surface area contributed by atoms with Crippen molar-refractivity contribution in [3.05, 3.63) is 52.0 Å². The molecule has 0 unspecified atom stereocenters. The molecule has 0 N–H and O–H groups in total. The highest BCUT2D eigenvalue weighted by atomic mass is 79.9. The fourth-order valence-corrected chi connectivity index (χ4v) is 2.59. The molecule has 6 heteroatoms. The van der Waals surface area contributed by atoms with Gasteiger partial charge in [0.05, 0.1) is 26.9 Å². The van der Waals surface area contributed by atoms with Gasteiger partial charge in [-0.25, -0.2) is 4.79 Å². The predicted octanol–water partition coefficient (Wildman–Crippen LogP) is 3.83. The zero-order chi connectivity index (χ0) is 16.8. The van der Waals surface area contributed by atoms with E-state index in [1.807, 2.05) is 24.3 Å². The van der Waals surface area contributed by atoms with Gasteiger partial charge in [-0.15, -0.1) is 0 Å². The number of ether oxygens (including phenoxy) is 4. The van der Waals surface area contributed by atoms with Crippen LogP contribution in [0.1, 0.15) is 15.9 Å². The third kappa shape index (κ3) is 3.96. The number of rotatable bonds is 6. The van der Waals surface area contributed by atoms with Crippen molar-refractivity contribution >= 4 is 21.9 Å². The summed E-state index contributed by atoms with van der Waals surface area (Å²) in [5, 5.41) is 0. The lowest BCUT2D eigenvalue weighted by molar-refractivity contribution is 0.0469. The maximum absolute atomic E-state index is 12.3. The number of carbonyl (C=O) groups excluding carboxylic acids is 1. The first-order chi connectivity index (χ1) is 11.1. The monoisotopic (exact) mass is 380 g/mol. The summed E-state index contributed by atoms with van der Waals surface area (Å²) in [6, 6.07) is 10.6. The van der Waals surface area contributed by atoms with Crippen LogP contribution in [0.4, 0.5) is 0 Å². The van der Waals surface area contributed by atoms with Crippen molar-refractivity contribution in [1.82, 2.24) is 0 Å². The maximum Gasteiger partial charge on any atom is 0.338 e. The molecular weight excluding hydrogens is 364 g/mol. The molecule has 0 heterocycles. The molecular formula is C17H17BrO5. The minimum atomic E-state index is -0.472. The predicted molar refractivity (Wildman–Crippen MR) is 89.4 cm³/mol. The summed E-state index contributed by atoms with van der Waals surface area (Å²) in [5.41, 5.74) is 1.14. The van der Waals surface area contributed by atoms with Crippen LogP contribution in [-0.4, -0.2) is 27.3 Å². The average molecular weight is 381 g/mol. The van der Waals surface area contributed by atoms with Gasteiger partial charge in [-0.3, -0.25) is 0 Å². The Hall–Kier alpha value is -2.21. The lowest BCUT2D eigenvalue weighted by Crippen LogP contribution is -2.07. The van der Waals surface area contributed by atoms with Crippen LogP contribution in [0.3, 0.4) is 0 Å². The smallest absolute Gasteiger partial charge is 0.338 e. The van der Waals surface area contributed by atoms with Crippen LogP contribution in [-0.2, 0) is 11.3 Å². The second-order valence-corrected chi connectivity index (χ2v) is 5.38. The lowest BCUT2D eigenvalue weighted by atomic mass is 10.2. The molecule has 2 aromatic rings. The van der Waals surface area contributed by atoms with E-state index in [-0.39, 0.29) is 6.61 Å². The van der Waals surface area contributed by atoms with E-state index in [0.717, 1.165) is 5.56 Å². The van der Waals surface area contributed by atoms with Crippen molar-refractivity contribution in [2.24, 2.45) is 0 Å². The standard InChI is InChI=1S/C17H17BrO5/c1-20-13-7-5-4-6-11(13)10-23-17(19)12-8-14(21-2)16(18)15(9-12)22-3/h4-9H,10H2,1-3H3. The molecule has 0 fully saturated rings. The summed E-state index contributed by atoms with van der Waals surface area (Å²) >= 11 is 3.36. The van der Waals surface area contributed by atoms with Gasteiger partial charge in [-0.1, -0.05) is 18.2 Å². The summed E-state index contributed by atoms with van der Waals surface area (Å²) in [4.78, 5) is 12.3. The number of para-hydroxylation sites is 1. The zero-order valence-corrected chi connectivity index (χ0v) is 14.7. The van der Waals surface area contributed by atoms with Crippen molar-refractivity contribution < 1.29 is 23.7 Å². The van der Waals surface area contributed by atoms with Gasteiger partial charge in [-0.05, 0) is 34.1 Å². The van der Waals surface area contributed by atoms with Gasteiger partial charge in [0.25, 0.3) is 0 Å². The largest absolute Gasteiger partial charge is 0.496 e. The van der Waals surface area contributed by atoms with E-state index in [1.165, 1.54) is 14.2 Å². The summed E-state index contributed by atoms with van der Waals surface area (Å²) in [6.07, 6.45) is 0. The van der Waals surface area contributed by atoms with Crippen LogP contribution < -0.4 is 14.2 Å². The van der Waals surface area contributed by atoms with Gasteiger partial charge in [0, 0.05) is 5.56 Å². The topological polar surface area (TPSA) is 54.0 Å². The molecule has 0 saturated heterocycles. The van der Waals surface area contributed by atoms with Crippen LogP contribution in [0.5, 0.6) is 17.2 Å². The molecule has 2 aromatic carbocycles. The Labute approximate surface area is 143 Å². The van der Waals surface area contributed by atoms with Gasteiger partial charge >= 0.3 is 5.97 Å². The zero-order valence-electron chi connectivity index (χ0n) is 13.1. The third-order valence-corrected chi connectivity index (χ3v) is 4.01. The molecule has 0 radical (unpaired) electrons. The Morgan fingerprint density at radius 2 is 1.52 bits per heavy atom. The Bertz CT molecular complexity index is 674. The Morgan fingerprint density at radius 1 is 0.957 bits per heavy atom. The average Bonchev–Trinajstić information content (AvgIpc) is 2.60. The highest BCUT2D eigenvalue weighted by molar-refractivity contribution is 9.10. The van der Waals surface area contributed by atoms with Gasteiger partial charge in [0.2, 0.25) is 0 Å². The second kappa shape index (κ2) is 7.87. The Kier molecular flexibility index (Phi) is 5.87. The van der Waals surface area contributed by atoms with E-state index < -0.39 is 5.97 Å². The highest BCUT2D eigenvalue weighted by Gasteiger charge is 2.16. The van der Waals surface area contributed by atoms with Gasteiger partial charge in [0.1, 0.15) is 28.3 Å². The first-order valence-electron chi connectivity index (χ1n) is 6.81. The van der Waals surface area contributed by atoms with E-state index in [4.69, 9.17) is 18.9 Å². The number of methoxy groups -OCH3 is 3. The molecule has 0 aliphatic carbocycles. The van der Waals surface area contributed by atoms with Crippen LogP contribution in [0.15, 0.2) is 40.9 Å². The molecule has 23 heavy (non-hydrogen) atoms. The van der Waals surface area contributed by atoms with E-state index in [1.54, 1.807) is 19.2 Å². The van der Waals surface area contributed by atoms with Crippen LogP contribution >= 0.6 is 15.9 Å². The molecule has 0 atom stereocenters. The Morgan fingerprint density at radius 3 is 2.09 bits per heavy atom. The molecule has 0 bridgehead atoms. The summed E-state index contributed by atoms with van der Waals surface area (Å²) in [6.45, 7) is 0.115. The number of carbonyl (C=O) groups is 1. The molecule has 0 spiro atoms. The van der Waals surface area contributed by atoms with Crippen molar-refractivity contribution in [2.75, 3.05) is 21.3 Å². The summed E-state index contributed by atoms with van der Waals surface area (Å²) in [5.74, 6) is 1.19. The van der Waals surface area contributed by atoms with E-state index in [0.29, 0.717) is 27.3 Å². The number of hydrogen-bond donors (Lipinski definition) is 0. The fourth-order valence-electron chi connectivity index (χ4n) is 2.04. The summed E-state index contributed by atoms with van der Waals surface area (Å²) in [7, 11) is 4.61. The van der Waals surface area contributed by atoms with Crippen molar-refractivity contribution in [2.45, 2.75) is 6.61 Å². The Balaban J connectivity index is 2.18. The minimum Gasteiger partial charge on any atom is -0.496 e. The maximum atomic E-state index is 12.3. The van der Waals surface area contributed by atoms with Crippen LogP contribution in [0.2, 0.25) is 0 Å². The minimum absolute atomic E-state index is 0.115. The first-order valence-corrected chi connectivity index (χ1v) is 7.60. The molecule has 0 amide bonds. The van der Waals surface area contributed by atoms with Crippen LogP contribution in [0.25, 0.3) is 0 Å². The lowest BCUT2D eigenvalue weighted by Gasteiger charge is -2.12. The molecule has 2 rings (SSSR count). The molecule has 122 valence electrons. The quantitative estimate of drug-likeness (QED) is 0.712. The van der Waals surface area contributed by atoms with Gasteiger partial charge < -0.3 is 18.9 Å². The summed E-state index contributed by atoms with van der Waals surface area (Å²) < 4.78 is 21.7. The number of halogens is 1. The van der Waals surface area contributed by atoms with E-state index in [2.05, 4.69) is 15.9 Å². The SMILES string of the molecule is COc1ccccc1COC(=O)c1cc(OC)c(Br)c(OC)c1. The second-order valence-electron chi connectivity index (χ2n) is 4.58. The first kappa shape index (κ1) is 17.1. The normalized spacial score (nSPS) is 10.1. The fraction of sp³-hybridized carbons (Fsp3) is 0.235. The molecule has 0 saturated carbocycles. The van der Waals surface area contributed by atoms with Gasteiger partial charge in [-0.2, -0.15) is 0 Å². The number of benzene rings is 2. The van der Waals surface area contributed by atoms with Crippen LogP contribution in [0, 0.1) is 0 Å². The van der Waals surface area contributed by atoms with Crippen molar-refractivity contribution in [3.63, 3.8) is 0 Å².